The van der Waals surface area contributed by atoms with E-state index in [4.69, 9.17) is 40.0 Å². The topological polar surface area (TPSA) is 526 Å². The molecule has 48 nitrogen and oxygen atoms in total. The predicted octanol–water partition coefficient (Wildman–Crippen LogP) is 3.83. The third-order valence-corrected chi connectivity index (χ3v) is 20.4. The molecule has 0 aliphatic rings. The first-order chi connectivity index (χ1) is 64.5. The molecule has 0 unspecified atom stereocenters. The van der Waals surface area contributed by atoms with Gasteiger partial charge in [-0.2, -0.15) is 56.2 Å². The second kappa shape index (κ2) is 57.7. The minimum Gasteiger partial charge on any atom is -0.530 e. The Morgan fingerprint density at radius 1 is 0.317 bits per heavy atom. The summed E-state index contributed by atoms with van der Waals surface area (Å²) in [6.45, 7) is 4.91. The molecule has 0 saturated carbocycles. The van der Waals surface area contributed by atoms with Crippen molar-refractivity contribution in [2.24, 2.45) is 42.3 Å². The fraction of sp³-hybridized carbons (Fsp3) is 0.185. The van der Waals surface area contributed by atoms with E-state index in [2.05, 4.69) is 199 Å². The summed E-state index contributed by atoms with van der Waals surface area (Å²) in [5, 5.41) is 45.7. The zero-order valence-corrected chi connectivity index (χ0v) is 95.8. The number of tetrazole rings is 6. The zero-order valence-electron chi connectivity index (χ0n) is 74.2. The Labute approximate surface area is 963 Å². The van der Waals surface area contributed by atoms with Gasteiger partial charge in [0.25, 0.3) is 0 Å². The molecule has 58 heteroatoms. The Hall–Kier alpha value is -10.1. The number of ether oxygens (including phenoxy) is 6. The fourth-order valence-electron chi connectivity index (χ4n) is 11.6. The molecule has 18 aromatic rings. The van der Waals surface area contributed by atoms with Crippen LogP contribution in [0.5, 0.6) is 35.3 Å². The number of rotatable bonds is 25. The molecular weight excluding hydrogens is 2460 g/mol. The van der Waals surface area contributed by atoms with E-state index in [1.165, 1.54) is 90.7 Å². The van der Waals surface area contributed by atoms with Crippen molar-refractivity contribution in [1.82, 2.24) is 179 Å². The van der Waals surface area contributed by atoms with Crippen molar-refractivity contribution < 1.29 is 229 Å². The summed E-state index contributed by atoms with van der Waals surface area (Å²) in [6.07, 6.45) is 24.6. The van der Waals surface area contributed by atoms with E-state index in [0.29, 0.717) is 68.4 Å². The van der Waals surface area contributed by atoms with Crippen LogP contribution in [-0.2, 0) is 285 Å². The van der Waals surface area contributed by atoms with Gasteiger partial charge in [-0.25, -0.2) is 33.2 Å². The Morgan fingerprint density at radius 3 is 0.892 bits per heavy atom. The second-order valence-electron chi connectivity index (χ2n) is 26.8. The average molecular weight is 2530 g/mol. The van der Waals surface area contributed by atoms with Crippen LogP contribution in [-0.4, -0.2) is 179 Å². The van der Waals surface area contributed by atoms with Crippen LogP contribution in [0.1, 0.15) is 51.4 Å². The van der Waals surface area contributed by atoms with E-state index in [9.17, 15) is 33.2 Å². The maximum absolute atomic E-state index is 14.1. The summed E-state index contributed by atoms with van der Waals surface area (Å²) in [6, 6.07) is 41.4. The molecule has 12 heterocycles. The van der Waals surface area contributed by atoms with E-state index >= 15 is 0 Å². The fourth-order valence-corrected chi connectivity index (χ4v) is 12.9. The van der Waals surface area contributed by atoms with Crippen LogP contribution >= 0.6 is 50.1 Å². The van der Waals surface area contributed by atoms with Crippen LogP contribution < -0.4 is 62.6 Å². The molecule has 139 heavy (non-hydrogen) atoms. The number of benzene rings is 6. The first-order valence-electron chi connectivity index (χ1n) is 38.7. The molecule has 6 aromatic carbocycles. The maximum Gasteiger partial charge on any atom is 0.368 e. The third-order valence-electron chi connectivity index (χ3n) is 18.3. The van der Waals surface area contributed by atoms with Gasteiger partial charge in [-0.05, 0) is 170 Å². The summed E-state index contributed by atoms with van der Waals surface area (Å²) >= 11 is 11.9. The van der Waals surface area contributed by atoms with Crippen molar-refractivity contribution in [2.45, 2.75) is 59.9 Å². The Morgan fingerprint density at radius 2 is 0.568 bits per heavy atom. The van der Waals surface area contributed by atoms with Gasteiger partial charge in [0, 0.05) is 323 Å². The van der Waals surface area contributed by atoms with Gasteiger partial charge in [0.15, 0.2) is 0 Å². The smallest absolute Gasteiger partial charge is 0.368 e. The van der Waals surface area contributed by atoms with Gasteiger partial charge >= 0.3 is 34.1 Å². The van der Waals surface area contributed by atoms with Crippen LogP contribution in [0.2, 0.25) is 5.02 Å². The average Bonchev–Trinajstić information content (AvgIpc) is 1.74. The molecule has 18 rings (SSSR count). The molecular formula is C81H68BrClFIN36O12Y6-6. The summed E-state index contributed by atoms with van der Waals surface area (Å²) in [7, 11) is 9.17. The molecule has 12 aromatic heterocycles. The van der Waals surface area contributed by atoms with Crippen LogP contribution in [0.15, 0.2) is 216 Å². The van der Waals surface area contributed by atoms with E-state index in [-0.39, 0.29) is 281 Å². The standard InChI is InChI=1S/C15H15N6O2.C14H13N6O2.C13H10BrN6O2.C13H10ClN6O2.C13H10FN6O2.C13H10IN6O2.6Y/c1-3-11-5-4-6-13(21-15(22)20(2)18-19-21)12(11)9-23-14-7-8-16-10-17-14;1-10-4-3-5-12(20-14(21)19(2)17-18-20)11(10)8-22-13-6-7-15-9-16-13;4*1-19-13(21)20(18-17-19)11-4-2-3-10(14)9(11)7-22-12-5-6-15-8-16-12;;;;;;/h4-8H,3,9H2,1-2H3;3-7H,8H2,1-2H3;4*2-6H,7H2,1H3;;;;;;/q6*-1;;;;;;. The molecule has 0 atom stereocenters. The number of aromatic nitrogens is 36. The van der Waals surface area contributed by atoms with Gasteiger partial charge in [-0.1, -0.05) is 157 Å². The van der Waals surface area contributed by atoms with Crippen LogP contribution in [0.4, 0.5) is 4.39 Å². The number of hydrogen-bond donors (Lipinski definition) is 0. The molecule has 6 radical (unpaired) electrons. The first kappa shape index (κ1) is 116. The molecule has 0 spiro atoms. The van der Waals surface area contributed by atoms with Gasteiger partial charge in [0.05, 0.1) is 34.1 Å². The quantitative estimate of drug-likeness (QED) is 0.0579. The van der Waals surface area contributed by atoms with Gasteiger partial charge in [0.2, 0.25) is 0 Å². The van der Waals surface area contributed by atoms with Gasteiger partial charge in [0.1, 0.15) is 80.7 Å². The van der Waals surface area contributed by atoms with Crippen molar-refractivity contribution >= 4 is 50.1 Å². The normalized spacial score (nSPS) is 10.2. The SMILES string of the molecule is CCc1cccc(-n2nnn(C)c2=O)c1COc1ccn[c-]n1.Cc1cccc(-n2nnn(C)c2=O)c1COc1ccn[c-]n1.Cn1nnn(-c2cccc(Br)c2COc2ccn[c-]n2)c1=O.Cn1nnn(-c2cccc(Cl)c2COc2ccn[c-]n2)c1=O.Cn1nnn(-c2cccc(F)c2COc2ccn[c-]n2)c1=O.Cn1nnn(-c2cccc(I)c2COc2ccn[c-]n2)c1=O.[Y].[Y].[Y].[Y].[Y].[Y]. The summed E-state index contributed by atoms with van der Waals surface area (Å²) in [5.41, 5.74) is 7.23. The zero-order chi connectivity index (χ0) is 93.9. The van der Waals surface area contributed by atoms with Crippen LogP contribution in [0.25, 0.3) is 34.1 Å². The van der Waals surface area contributed by atoms with Crippen molar-refractivity contribution in [2.75, 3.05) is 0 Å². The molecule has 0 bridgehead atoms. The number of hydrogen-bond acceptors (Lipinski definition) is 36. The summed E-state index contributed by atoms with van der Waals surface area (Å²) in [5.74, 6) is 1.71. The number of aryl methyl sites for hydroxylation is 8. The molecule has 0 aliphatic carbocycles. The minimum absolute atomic E-state index is 0. The molecule has 0 aliphatic heterocycles. The molecule has 0 saturated heterocycles. The van der Waals surface area contributed by atoms with E-state index in [1.54, 1.807) is 113 Å². The van der Waals surface area contributed by atoms with Gasteiger partial charge in [-0.15, -0.1) is 0 Å². The van der Waals surface area contributed by atoms with Gasteiger partial charge in [-0.3, -0.25) is 0 Å². The minimum atomic E-state index is -0.520. The third kappa shape index (κ3) is 30.9. The van der Waals surface area contributed by atoms with Gasteiger partial charge < -0.3 is 88.2 Å². The molecule has 0 amide bonds. The monoisotopic (exact) mass is 2530 g/mol. The first-order valence-corrected chi connectivity index (χ1v) is 40.9. The van der Waals surface area contributed by atoms with Crippen molar-refractivity contribution in [3.63, 3.8) is 0 Å². The van der Waals surface area contributed by atoms with Crippen LogP contribution in [0.3, 0.4) is 0 Å². The van der Waals surface area contributed by atoms with Crippen molar-refractivity contribution in [3.05, 3.63) is 347 Å². The second-order valence-corrected chi connectivity index (χ2v) is 29.2. The van der Waals surface area contributed by atoms with Crippen molar-refractivity contribution in [3.8, 4) is 69.4 Å². The Kier molecular flexibility index (Phi) is 48.1. The molecule has 0 N–H and O–H groups in total. The summed E-state index contributed by atoms with van der Waals surface area (Å²) in [4.78, 5) is 118. The number of nitrogens with zero attached hydrogens (tertiary/aromatic N) is 36. The van der Waals surface area contributed by atoms with Crippen molar-refractivity contribution in [1.29, 1.82) is 0 Å². The Bertz CT molecular complexity index is 6520. The largest absolute Gasteiger partial charge is 0.530 e. The predicted molar refractivity (Wildman–Crippen MR) is 470 cm³/mol. The van der Waals surface area contributed by atoms with Crippen LogP contribution in [0, 0.1) is 54.3 Å². The van der Waals surface area contributed by atoms with E-state index < -0.39 is 11.5 Å². The number of halogens is 4. The molecule has 0 fully saturated rings. The van der Waals surface area contributed by atoms with E-state index in [0.717, 1.165) is 71.3 Å². The van der Waals surface area contributed by atoms with E-state index in [1.807, 2.05) is 68.4 Å². The summed E-state index contributed by atoms with van der Waals surface area (Å²) < 4.78 is 63.3. The Balaban J connectivity index is 0.000000225. The maximum atomic E-state index is 14.1. The molecule has 696 valence electrons.